The van der Waals surface area contributed by atoms with Crippen molar-refractivity contribution in [3.05, 3.63) is 39.9 Å². The summed E-state index contributed by atoms with van der Waals surface area (Å²) in [7, 11) is 0. The minimum absolute atomic E-state index is 0.0541. The van der Waals surface area contributed by atoms with Crippen molar-refractivity contribution >= 4 is 11.6 Å². The Labute approximate surface area is 118 Å². The number of amides is 1. The number of benzene rings is 1. The van der Waals surface area contributed by atoms with Gasteiger partial charge in [0.2, 0.25) is 5.91 Å². The standard InChI is InChI=1S/C14H21N3O3/c1-10(15-9-13(18)16-14(2,3)4)11-5-7-12(8-6-11)17(19)20/h5-8,10,15H,9H2,1-4H3,(H,16,18). The number of nitrogens with one attached hydrogen (secondary N) is 2. The zero-order chi connectivity index (χ0) is 15.3. The van der Waals surface area contributed by atoms with Crippen molar-refractivity contribution in [3.8, 4) is 0 Å². The lowest BCUT2D eigenvalue weighted by atomic mass is 10.1. The molecule has 0 aliphatic rings. The van der Waals surface area contributed by atoms with E-state index in [1.165, 1.54) is 12.1 Å². The summed E-state index contributed by atoms with van der Waals surface area (Å²) in [5.41, 5.74) is 0.709. The van der Waals surface area contributed by atoms with Crippen molar-refractivity contribution in [2.24, 2.45) is 0 Å². The molecule has 0 fully saturated rings. The molecule has 0 saturated heterocycles. The molecule has 0 radical (unpaired) electrons. The molecule has 6 nitrogen and oxygen atoms in total. The third-order valence-electron chi connectivity index (χ3n) is 2.69. The fraction of sp³-hybridized carbons (Fsp3) is 0.500. The SMILES string of the molecule is CC(NCC(=O)NC(C)(C)C)c1ccc([N+](=O)[O-])cc1. The molecule has 0 aromatic heterocycles. The molecule has 0 bridgehead atoms. The highest BCUT2D eigenvalue weighted by Crippen LogP contribution is 2.17. The topological polar surface area (TPSA) is 84.3 Å². The van der Waals surface area contributed by atoms with Gasteiger partial charge in [-0.2, -0.15) is 0 Å². The van der Waals surface area contributed by atoms with Crippen LogP contribution in [0.15, 0.2) is 24.3 Å². The summed E-state index contributed by atoms with van der Waals surface area (Å²) in [6, 6.07) is 6.25. The van der Waals surface area contributed by atoms with Crippen LogP contribution in [0.4, 0.5) is 5.69 Å². The van der Waals surface area contributed by atoms with Gasteiger partial charge in [-0.1, -0.05) is 12.1 Å². The molecule has 1 rings (SSSR count). The lowest BCUT2D eigenvalue weighted by Crippen LogP contribution is -2.45. The zero-order valence-electron chi connectivity index (χ0n) is 12.3. The first kappa shape index (κ1) is 16.1. The van der Waals surface area contributed by atoms with Gasteiger partial charge in [0.25, 0.3) is 5.69 Å². The maximum atomic E-state index is 11.7. The van der Waals surface area contributed by atoms with E-state index in [0.29, 0.717) is 0 Å². The molecule has 0 spiro atoms. The largest absolute Gasteiger partial charge is 0.350 e. The molecule has 0 aliphatic heterocycles. The number of carbonyl (C=O) groups excluding carboxylic acids is 1. The van der Waals surface area contributed by atoms with Gasteiger partial charge in [0, 0.05) is 23.7 Å². The molecule has 20 heavy (non-hydrogen) atoms. The average molecular weight is 279 g/mol. The fourth-order valence-corrected chi connectivity index (χ4v) is 1.71. The molecule has 110 valence electrons. The van der Waals surface area contributed by atoms with Gasteiger partial charge in [0.05, 0.1) is 11.5 Å². The van der Waals surface area contributed by atoms with Crippen molar-refractivity contribution in [2.75, 3.05) is 6.54 Å². The quantitative estimate of drug-likeness (QED) is 0.639. The van der Waals surface area contributed by atoms with E-state index < -0.39 is 4.92 Å². The predicted octanol–water partition coefficient (Wildman–Crippen LogP) is 2.16. The fourth-order valence-electron chi connectivity index (χ4n) is 1.71. The van der Waals surface area contributed by atoms with Gasteiger partial charge in [-0.05, 0) is 33.3 Å². The normalized spacial score (nSPS) is 12.8. The highest BCUT2D eigenvalue weighted by Gasteiger charge is 2.15. The van der Waals surface area contributed by atoms with Crippen LogP contribution in [-0.2, 0) is 4.79 Å². The maximum Gasteiger partial charge on any atom is 0.269 e. The Kier molecular flexibility index (Phi) is 5.21. The maximum absolute atomic E-state index is 11.7. The second-order valence-electron chi connectivity index (χ2n) is 5.75. The van der Waals surface area contributed by atoms with Crippen LogP contribution in [0.2, 0.25) is 0 Å². The molecule has 0 saturated carbocycles. The van der Waals surface area contributed by atoms with Crippen molar-refractivity contribution in [2.45, 2.75) is 39.3 Å². The molecule has 1 amide bonds. The zero-order valence-corrected chi connectivity index (χ0v) is 12.3. The van der Waals surface area contributed by atoms with E-state index >= 15 is 0 Å². The van der Waals surface area contributed by atoms with Crippen molar-refractivity contribution < 1.29 is 9.72 Å². The van der Waals surface area contributed by atoms with Crippen LogP contribution >= 0.6 is 0 Å². The number of nitro groups is 1. The Morgan fingerprint density at radius 3 is 2.30 bits per heavy atom. The molecule has 0 aliphatic carbocycles. The summed E-state index contributed by atoms with van der Waals surface area (Å²) < 4.78 is 0. The third kappa shape index (κ3) is 5.36. The van der Waals surface area contributed by atoms with E-state index in [2.05, 4.69) is 10.6 Å². The Morgan fingerprint density at radius 1 is 1.30 bits per heavy atom. The van der Waals surface area contributed by atoms with Crippen molar-refractivity contribution in [1.29, 1.82) is 0 Å². The van der Waals surface area contributed by atoms with Gasteiger partial charge in [-0.3, -0.25) is 14.9 Å². The lowest BCUT2D eigenvalue weighted by molar-refractivity contribution is -0.384. The summed E-state index contributed by atoms with van der Waals surface area (Å²) >= 11 is 0. The van der Waals surface area contributed by atoms with Crippen molar-refractivity contribution in [1.82, 2.24) is 10.6 Å². The molecule has 1 aromatic rings. The van der Waals surface area contributed by atoms with E-state index in [9.17, 15) is 14.9 Å². The molecule has 1 atom stereocenters. The summed E-state index contributed by atoms with van der Waals surface area (Å²) in [6.45, 7) is 7.88. The van der Waals surface area contributed by atoms with Gasteiger partial charge in [-0.15, -0.1) is 0 Å². The molecular formula is C14H21N3O3. The van der Waals surface area contributed by atoms with Crippen LogP contribution < -0.4 is 10.6 Å². The highest BCUT2D eigenvalue weighted by molar-refractivity contribution is 5.78. The van der Waals surface area contributed by atoms with E-state index in [1.54, 1.807) is 12.1 Å². The smallest absolute Gasteiger partial charge is 0.269 e. The number of rotatable bonds is 5. The Balaban J connectivity index is 2.52. The first-order chi connectivity index (χ1) is 9.19. The Hall–Kier alpha value is -1.95. The van der Waals surface area contributed by atoms with Gasteiger partial charge < -0.3 is 10.6 Å². The second kappa shape index (κ2) is 6.47. The monoisotopic (exact) mass is 279 g/mol. The molecule has 1 unspecified atom stereocenters. The first-order valence-corrected chi connectivity index (χ1v) is 6.48. The number of hydrogen-bond acceptors (Lipinski definition) is 4. The third-order valence-corrected chi connectivity index (χ3v) is 2.69. The van der Waals surface area contributed by atoms with E-state index in [1.807, 2.05) is 27.7 Å². The van der Waals surface area contributed by atoms with Gasteiger partial charge in [0.1, 0.15) is 0 Å². The van der Waals surface area contributed by atoms with Crippen molar-refractivity contribution in [3.63, 3.8) is 0 Å². The minimum atomic E-state index is -0.432. The summed E-state index contributed by atoms with van der Waals surface area (Å²) in [5.74, 6) is -0.0775. The van der Waals surface area contributed by atoms with Crippen LogP contribution in [0.1, 0.15) is 39.3 Å². The first-order valence-electron chi connectivity index (χ1n) is 6.48. The number of nitro benzene ring substituents is 1. The molecule has 0 heterocycles. The highest BCUT2D eigenvalue weighted by atomic mass is 16.6. The number of carbonyl (C=O) groups is 1. The molecule has 1 aromatic carbocycles. The lowest BCUT2D eigenvalue weighted by Gasteiger charge is -2.21. The minimum Gasteiger partial charge on any atom is -0.350 e. The number of non-ortho nitro benzene ring substituents is 1. The second-order valence-corrected chi connectivity index (χ2v) is 5.75. The van der Waals surface area contributed by atoms with Gasteiger partial charge >= 0.3 is 0 Å². The summed E-state index contributed by atoms with van der Waals surface area (Å²) in [6.07, 6.45) is 0. The van der Waals surface area contributed by atoms with Gasteiger partial charge in [0.15, 0.2) is 0 Å². The van der Waals surface area contributed by atoms with E-state index in [4.69, 9.17) is 0 Å². The number of hydrogen-bond donors (Lipinski definition) is 2. The van der Waals surface area contributed by atoms with Crippen LogP contribution in [0.5, 0.6) is 0 Å². The summed E-state index contributed by atoms with van der Waals surface area (Å²) in [5, 5.41) is 16.5. The number of nitrogens with zero attached hydrogens (tertiary/aromatic N) is 1. The van der Waals surface area contributed by atoms with Crippen LogP contribution in [0, 0.1) is 10.1 Å². The van der Waals surface area contributed by atoms with Crippen LogP contribution in [-0.4, -0.2) is 22.9 Å². The van der Waals surface area contributed by atoms with Crippen LogP contribution in [0.3, 0.4) is 0 Å². The van der Waals surface area contributed by atoms with E-state index in [0.717, 1.165) is 5.56 Å². The van der Waals surface area contributed by atoms with Gasteiger partial charge in [-0.25, -0.2) is 0 Å². The Morgan fingerprint density at radius 2 is 1.85 bits per heavy atom. The summed E-state index contributed by atoms with van der Waals surface area (Å²) in [4.78, 5) is 21.8. The molecule has 2 N–H and O–H groups in total. The predicted molar refractivity (Wildman–Crippen MR) is 77.4 cm³/mol. The average Bonchev–Trinajstić information content (AvgIpc) is 2.34. The molecule has 6 heteroatoms. The van der Waals surface area contributed by atoms with Crippen LogP contribution in [0.25, 0.3) is 0 Å². The molecular weight excluding hydrogens is 258 g/mol. The Bertz CT molecular complexity index is 477. The van der Waals surface area contributed by atoms with E-state index in [-0.39, 0.29) is 29.7 Å².